The molecule has 1 aromatic rings. The van der Waals surface area contributed by atoms with Crippen molar-refractivity contribution in [2.45, 2.75) is 50.3 Å². The maximum Gasteiger partial charge on any atom is 0.214 e. The van der Waals surface area contributed by atoms with Crippen LogP contribution in [0, 0.1) is 0 Å². The summed E-state index contributed by atoms with van der Waals surface area (Å²) in [5.41, 5.74) is 3.49. The third-order valence-electron chi connectivity index (χ3n) is 4.37. The lowest BCUT2D eigenvalue weighted by Gasteiger charge is -2.22. The molecular formula is C15H22N2O2S. The molecule has 20 heavy (non-hydrogen) atoms. The van der Waals surface area contributed by atoms with Gasteiger partial charge in [-0.3, -0.25) is 0 Å². The van der Waals surface area contributed by atoms with E-state index >= 15 is 0 Å². The Labute approximate surface area is 121 Å². The van der Waals surface area contributed by atoms with E-state index < -0.39 is 10.0 Å². The average molecular weight is 294 g/mol. The van der Waals surface area contributed by atoms with Crippen LogP contribution in [0.5, 0.6) is 0 Å². The fourth-order valence-electron chi connectivity index (χ4n) is 3.22. The molecule has 2 N–H and O–H groups in total. The molecule has 2 aliphatic rings. The van der Waals surface area contributed by atoms with Crippen LogP contribution in [-0.4, -0.2) is 20.2 Å². The minimum Gasteiger partial charge on any atom is -0.385 e. The molecule has 3 rings (SSSR count). The van der Waals surface area contributed by atoms with Gasteiger partial charge in [0.25, 0.3) is 0 Å². The fourth-order valence-corrected chi connectivity index (χ4v) is 4.77. The summed E-state index contributed by atoms with van der Waals surface area (Å²) >= 11 is 0. The summed E-state index contributed by atoms with van der Waals surface area (Å²) in [5.74, 6) is 0. The summed E-state index contributed by atoms with van der Waals surface area (Å²) in [5, 5.41) is 3.22. The third kappa shape index (κ3) is 2.83. The second-order valence-corrected chi connectivity index (χ2v) is 7.80. The molecule has 1 aromatic carbocycles. The van der Waals surface area contributed by atoms with Gasteiger partial charge in [0.05, 0.1) is 5.25 Å². The highest BCUT2D eigenvalue weighted by Crippen LogP contribution is 2.27. The molecule has 110 valence electrons. The molecule has 5 heteroatoms. The summed E-state index contributed by atoms with van der Waals surface area (Å²) in [6.07, 6.45) is 5.90. The first-order valence-electron chi connectivity index (χ1n) is 7.50. The molecule has 1 fully saturated rings. The molecule has 0 unspecified atom stereocenters. The van der Waals surface area contributed by atoms with E-state index in [-0.39, 0.29) is 5.25 Å². The fraction of sp³-hybridized carbons (Fsp3) is 0.600. The molecular weight excluding hydrogens is 272 g/mol. The lowest BCUT2D eigenvalue weighted by atomic mass is 9.99. The van der Waals surface area contributed by atoms with Gasteiger partial charge in [-0.25, -0.2) is 13.1 Å². The predicted molar refractivity (Wildman–Crippen MR) is 81.3 cm³/mol. The van der Waals surface area contributed by atoms with Gasteiger partial charge >= 0.3 is 0 Å². The van der Waals surface area contributed by atoms with Crippen LogP contribution in [0.1, 0.15) is 43.2 Å². The molecule has 4 nitrogen and oxygen atoms in total. The summed E-state index contributed by atoms with van der Waals surface area (Å²) in [4.78, 5) is 0. The Balaban J connectivity index is 1.72. The van der Waals surface area contributed by atoms with Crippen molar-refractivity contribution in [1.82, 2.24) is 4.72 Å². The number of nitrogens with one attached hydrogen (secondary N) is 2. The minimum atomic E-state index is -3.16. The van der Waals surface area contributed by atoms with Crippen molar-refractivity contribution in [2.24, 2.45) is 0 Å². The summed E-state index contributed by atoms with van der Waals surface area (Å²) in [6, 6.07) is 6.15. The third-order valence-corrected chi connectivity index (χ3v) is 6.26. The molecule has 1 heterocycles. The summed E-state index contributed by atoms with van der Waals surface area (Å²) < 4.78 is 27.3. The SMILES string of the molecule is O=S(=O)(NCc1cccc2c1NCCC2)C1CCCC1. The van der Waals surface area contributed by atoms with E-state index in [2.05, 4.69) is 16.1 Å². The molecule has 0 amide bonds. The predicted octanol–water partition coefficient (Wildman–Crippen LogP) is 2.41. The van der Waals surface area contributed by atoms with Crippen molar-refractivity contribution in [3.05, 3.63) is 29.3 Å². The molecule has 0 atom stereocenters. The van der Waals surface area contributed by atoms with Crippen molar-refractivity contribution >= 4 is 15.7 Å². The summed E-state index contributed by atoms with van der Waals surface area (Å²) in [7, 11) is -3.16. The Hall–Kier alpha value is -1.07. The topological polar surface area (TPSA) is 58.2 Å². The Morgan fingerprint density at radius 1 is 1.20 bits per heavy atom. The lowest BCUT2D eigenvalue weighted by Crippen LogP contribution is -2.32. The average Bonchev–Trinajstić information content (AvgIpc) is 3.00. The van der Waals surface area contributed by atoms with Gasteiger partial charge in [0.1, 0.15) is 0 Å². The van der Waals surface area contributed by atoms with E-state index in [1.165, 1.54) is 5.56 Å². The van der Waals surface area contributed by atoms with Crippen LogP contribution in [0.25, 0.3) is 0 Å². The number of sulfonamides is 1. The normalized spacial score (nSPS) is 19.6. The quantitative estimate of drug-likeness (QED) is 0.896. The van der Waals surface area contributed by atoms with Crippen molar-refractivity contribution in [3.8, 4) is 0 Å². The zero-order chi connectivity index (χ0) is 14.0. The Morgan fingerprint density at radius 2 is 2.00 bits per heavy atom. The van der Waals surface area contributed by atoms with Crippen LogP contribution < -0.4 is 10.0 Å². The first kappa shape index (κ1) is 13.9. The number of hydrogen-bond acceptors (Lipinski definition) is 3. The highest BCUT2D eigenvalue weighted by atomic mass is 32.2. The maximum atomic E-state index is 12.2. The van der Waals surface area contributed by atoms with Gasteiger partial charge in [-0.05, 0) is 36.8 Å². The zero-order valence-corrected chi connectivity index (χ0v) is 12.5. The van der Waals surface area contributed by atoms with Crippen LogP contribution in [-0.2, 0) is 23.0 Å². The number of hydrogen-bond donors (Lipinski definition) is 2. The van der Waals surface area contributed by atoms with Crippen LogP contribution in [0.4, 0.5) is 5.69 Å². The van der Waals surface area contributed by atoms with Gasteiger partial charge in [0.2, 0.25) is 10.0 Å². The van der Waals surface area contributed by atoms with E-state index in [1.807, 2.05) is 12.1 Å². The van der Waals surface area contributed by atoms with Gasteiger partial charge < -0.3 is 5.32 Å². The molecule has 0 bridgehead atoms. The van der Waals surface area contributed by atoms with Crippen LogP contribution in [0.15, 0.2) is 18.2 Å². The lowest BCUT2D eigenvalue weighted by molar-refractivity contribution is 0.564. The molecule has 0 aromatic heterocycles. The molecule has 1 saturated carbocycles. The standard InChI is InChI=1S/C15H22N2O2S/c18-20(19,14-8-1-2-9-14)17-11-13-6-3-5-12-7-4-10-16-15(12)13/h3,5-6,14,16-17H,1-2,4,7-11H2. The number of anilines is 1. The second-order valence-electron chi connectivity index (χ2n) is 5.75. The van der Waals surface area contributed by atoms with E-state index in [1.54, 1.807) is 0 Å². The number of benzene rings is 1. The number of rotatable bonds is 4. The van der Waals surface area contributed by atoms with Gasteiger partial charge in [-0.2, -0.15) is 0 Å². The first-order chi connectivity index (χ1) is 9.67. The summed E-state index contributed by atoms with van der Waals surface area (Å²) in [6.45, 7) is 1.37. The van der Waals surface area contributed by atoms with Crippen molar-refractivity contribution in [1.29, 1.82) is 0 Å². The molecule has 0 radical (unpaired) electrons. The molecule has 0 saturated heterocycles. The maximum absolute atomic E-state index is 12.2. The highest BCUT2D eigenvalue weighted by Gasteiger charge is 2.28. The van der Waals surface area contributed by atoms with Gasteiger partial charge in [-0.15, -0.1) is 0 Å². The van der Waals surface area contributed by atoms with Gasteiger partial charge in [0.15, 0.2) is 0 Å². The van der Waals surface area contributed by atoms with Crippen molar-refractivity contribution < 1.29 is 8.42 Å². The van der Waals surface area contributed by atoms with Crippen molar-refractivity contribution in [2.75, 3.05) is 11.9 Å². The first-order valence-corrected chi connectivity index (χ1v) is 9.04. The minimum absolute atomic E-state index is 0.185. The van der Waals surface area contributed by atoms with E-state index in [9.17, 15) is 8.42 Å². The second kappa shape index (κ2) is 5.74. The molecule has 0 spiro atoms. The Kier molecular flexibility index (Phi) is 3.98. The van der Waals surface area contributed by atoms with E-state index in [4.69, 9.17) is 0 Å². The van der Waals surface area contributed by atoms with Crippen LogP contribution in [0.2, 0.25) is 0 Å². The Morgan fingerprint density at radius 3 is 2.80 bits per heavy atom. The monoisotopic (exact) mass is 294 g/mol. The van der Waals surface area contributed by atoms with Crippen LogP contribution in [0.3, 0.4) is 0 Å². The molecule has 1 aliphatic carbocycles. The van der Waals surface area contributed by atoms with E-state index in [0.717, 1.165) is 56.3 Å². The smallest absolute Gasteiger partial charge is 0.214 e. The molecule has 1 aliphatic heterocycles. The van der Waals surface area contributed by atoms with Crippen LogP contribution >= 0.6 is 0 Å². The van der Waals surface area contributed by atoms with Gasteiger partial charge in [-0.1, -0.05) is 31.0 Å². The number of aryl methyl sites for hydroxylation is 1. The zero-order valence-electron chi connectivity index (χ0n) is 11.7. The largest absolute Gasteiger partial charge is 0.385 e. The van der Waals surface area contributed by atoms with E-state index in [0.29, 0.717) is 6.54 Å². The Bertz CT molecular complexity index is 578. The number of fused-ring (bicyclic) bond motifs is 1. The van der Waals surface area contributed by atoms with Gasteiger partial charge in [0, 0.05) is 18.8 Å². The number of para-hydroxylation sites is 1. The van der Waals surface area contributed by atoms with Crippen molar-refractivity contribution in [3.63, 3.8) is 0 Å². The highest BCUT2D eigenvalue weighted by molar-refractivity contribution is 7.90.